The first-order valence-corrected chi connectivity index (χ1v) is 6.81. The van der Waals surface area contributed by atoms with Crippen molar-refractivity contribution in [3.8, 4) is 0 Å². The molecule has 0 radical (unpaired) electrons. The molecular weight excluding hydrogens is 278 g/mol. The average molecular weight is 300 g/mol. The molecule has 3 nitrogen and oxygen atoms in total. The van der Waals surface area contributed by atoms with Crippen LogP contribution in [0.25, 0.3) is 0 Å². The largest absolute Gasteiger partial charge is 0.367 e. The highest BCUT2D eigenvalue weighted by molar-refractivity contribution is 9.10. The van der Waals surface area contributed by atoms with Gasteiger partial charge in [-0.1, -0.05) is 34.6 Å². The molecule has 1 aromatic rings. The van der Waals surface area contributed by atoms with E-state index in [1.54, 1.807) is 0 Å². The Kier molecular flexibility index (Phi) is 4.53. The molecule has 4 heteroatoms. The highest BCUT2D eigenvalue weighted by Gasteiger charge is 2.19. The number of anilines is 1. The molecule has 0 saturated carbocycles. The van der Waals surface area contributed by atoms with Crippen LogP contribution >= 0.6 is 15.9 Å². The number of halogens is 1. The molecule has 0 fully saturated rings. The third-order valence-electron chi connectivity index (χ3n) is 2.74. The molecule has 0 aromatic carbocycles. The van der Waals surface area contributed by atoms with Crippen molar-refractivity contribution in [1.29, 1.82) is 0 Å². The first-order chi connectivity index (χ1) is 7.70. The molecule has 0 spiro atoms. The topological polar surface area (TPSA) is 37.8 Å². The van der Waals surface area contributed by atoms with Crippen LogP contribution in [0.15, 0.2) is 10.7 Å². The molecule has 0 saturated heterocycles. The zero-order valence-corrected chi connectivity index (χ0v) is 13.1. The van der Waals surface area contributed by atoms with Crippen molar-refractivity contribution in [2.24, 2.45) is 5.92 Å². The van der Waals surface area contributed by atoms with E-state index >= 15 is 0 Å². The molecular formula is C13H22BrN3. The van der Waals surface area contributed by atoms with E-state index in [-0.39, 0.29) is 5.41 Å². The third kappa shape index (κ3) is 4.26. The van der Waals surface area contributed by atoms with Gasteiger partial charge in [0.05, 0.1) is 0 Å². The Bertz CT molecular complexity index is 383. The van der Waals surface area contributed by atoms with Gasteiger partial charge in [-0.25, -0.2) is 9.97 Å². The van der Waals surface area contributed by atoms with Crippen LogP contribution in [0.2, 0.25) is 0 Å². The number of hydrogen-bond acceptors (Lipinski definition) is 3. The molecule has 0 aliphatic heterocycles. The summed E-state index contributed by atoms with van der Waals surface area (Å²) in [6, 6.07) is 2.32. The summed E-state index contributed by atoms with van der Waals surface area (Å²) < 4.78 is 0.830. The number of aromatic nitrogens is 2. The Hall–Kier alpha value is -0.640. The maximum atomic E-state index is 4.58. The van der Waals surface area contributed by atoms with E-state index in [1.807, 2.05) is 6.07 Å². The van der Waals surface area contributed by atoms with Crippen molar-refractivity contribution >= 4 is 21.7 Å². The van der Waals surface area contributed by atoms with Crippen LogP contribution in [0.3, 0.4) is 0 Å². The quantitative estimate of drug-likeness (QED) is 0.858. The molecule has 1 heterocycles. The fourth-order valence-corrected chi connectivity index (χ4v) is 1.61. The highest BCUT2D eigenvalue weighted by atomic mass is 79.9. The van der Waals surface area contributed by atoms with Crippen LogP contribution in [-0.4, -0.2) is 16.0 Å². The number of nitrogens with zero attached hydrogens (tertiary/aromatic N) is 2. The zero-order chi connectivity index (χ0) is 13.2. The summed E-state index contributed by atoms with van der Waals surface area (Å²) in [7, 11) is 0. The lowest BCUT2D eigenvalue weighted by atomic mass is 9.96. The van der Waals surface area contributed by atoms with Gasteiger partial charge < -0.3 is 5.32 Å². The maximum Gasteiger partial charge on any atom is 0.137 e. The van der Waals surface area contributed by atoms with Gasteiger partial charge in [0.15, 0.2) is 0 Å². The van der Waals surface area contributed by atoms with E-state index in [4.69, 9.17) is 0 Å². The van der Waals surface area contributed by atoms with Crippen molar-refractivity contribution in [1.82, 2.24) is 9.97 Å². The van der Waals surface area contributed by atoms with Gasteiger partial charge in [0, 0.05) is 17.5 Å². The molecule has 0 amide bonds. The molecule has 1 rings (SSSR count). The molecule has 1 unspecified atom stereocenters. The van der Waals surface area contributed by atoms with Gasteiger partial charge >= 0.3 is 0 Å². The summed E-state index contributed by atoms with van der Waals surface area (Å²) in [5.74, 6) is 2.31. The smallest absolute Gasteiger partial charge is 0.137 e. The van der Waals surface area contributed by atoms with Crippen LogP contribution in [0.4, 0.5) is 5.82 Å². The number of nitrogens with one attached hydrogen (secondary N) is 1. The van der Waals surface area contributed by atoms with E-state index < -0.39 is 0 Å². The minimum atomic E-state index is -0.0404. The van der Waals surface area contributed by atoms with Crippen molar-refractivity contribution in [3.05, 3.63) is 16.5 Å². The highest BCUT2D eigenvalue weighted by Crippen LogP contribution is 2.23. The fraction of sp³-hybridized carbons (Fsp3) is 0.692. The van der Waals surface area contributed by atoms with Crippen molar-refractivity contribution < 1.29 is 0 Å². The molecule has 17 heavy (non-hydrogen) atoms. The zero-order valence-electron chi connectivity index (χ0n) is 11.5. The lowest BCUT2D eigenvalue weighted by molar-refractivity contribution is 0.537. The fourth-order valence-electron chi connectivity index (χ4n) is 1.23. The molecule has 0 aliphatic carbocycles. The van der Waals surface area contributed by atoms with Gasteiger partial charge in [0.1, 0.15) is 16.2 Å². The van der Waals surface area contributed by atoms with Crippen molar-refractivity contribution in [2.45, 2.75) is 53.0 Å². The monoisotopic (exact) mass is 299 g/mol. The molecule has 1 N–H and O–H groups in total. The Morgan fingerprint density at radius 2 is 1.76 bits per heavy atom. The van der Waals surface area contributed by atoms with Gasteiger partial charge in [0.25, 0.3) is 0 Å². The number of rotatable bonds is 3. The summed E-state index contributed by atoms with van der Waals surface area (Å²) in [6.45, 7) is 12.9. The number of hydrogen-bond donors (Lipinski definition) is 1. The standard InChI is InChI=1S/C13H22BrN3/c1-8(2)9(3)15-11-7-10(14)16-12(17-11)13(4,5)6/h7-9H,1-6H3,(H,15,16,17). The van der Waals surface area contributed by atoms with E-state index in [0.717, 1.165) is 16.2 Å². The second kappa shape index (κ2) is 5.34. The van der Waals surface area contributed by atoms with Crippen molar-refractivity contribution in [2.75, 3.05) is 5.32 Å². The van der Waals surface area contributed by atoms with Crippen molar-refractivity contribution in [3.63, 3.8) is 0 Å². The van der Waals surface area contributed by atoms with Crippen LogP contribution in [0.5, 0.6) is 0 Å². The van der Waals surface area contributed by atoms with Crippen LogP contribution in [0, 0.1) is 5.92 Å². The minimum Gasteiger partial charge on any atom is -0.367 e. The Morgan fingerprint density at radius 1 is 1.18 bits per heavy atom. The predicted octanol–water partition coefficient (Wildman–Crippen LogP) is 3.99. The molecule has 1 aromatic heterocycles. The van der Waals surface area contributed by atoms with Gasteiger partial charge in [-0.3, -0.25) is 0 Å². The van der Waals surface area contributed by atoms with E-state index in [9.17, 15) is 0 Å². The SMILES string of the molecule is CC(C)C(C)Nc1cc(Br)nc(C(C)(C)C)n1. The van der Waals surface area contributed by atoms with E-state index in [0.29, 0.717) is 12.0 Å². The van der Waals surface area contributed by atoms with E-state index in [2.05, 4.69) is 72.8 Å². The van der Waals surface area contributed by atoms with Crippen LogP contribution in [0.1, 0.15) is 47.4 Å². The Labute approximate surface area is 113 Å². The summed E-state index contributed by atoms with van der Waals surface area (Å²) in [6.07, 6.45) is 0. The second-order valence-corrected chi connectivity index (χ2v) is 6.64. The minimum absolute atomic E-state index is 0.0404. The summed E-state index contributed by atoms with van der Waals surface area (Å²) in [5, 5.41) is 3.41. The summed E-state index contributed by atoms with van der Waals surface area (Å²) in [4.78, 5) is 9.00. The maximum absolute atomic E-state index is 4.58. The Balaban J connectivity index is 2.98. The van der Waals surface area contributed by atoms with Gasteiger partial charge in [-0.05, 0) is 28.8 Å². The van der Waals surface area contributed by atoms with Gasteiger partial charge in [-0.15, -0.1) is 0 Å². The lowest BCUT2D eigenvalue weighted by Crippen LogP contribution is -2.24. The molecule has 0 aliphatic rings. The second-order valence-electron chi connectivity index (χ2n) is 5.83. The predicted molar refractivity (Wildman–Crippen MR) is 76.4 cm³/mol. The lowest BCUT2D eigenvalue weighted by Gasteiger charge is -2.21. The first-order valence-electron chi connectivity index (χ1n) is 6.01. The Morgan fingerprint density at radius 3 is 2.24 bits per heavy atom. The summed E-state index contributed by atoms with van der Waals surface area (Å²) in [5.41, 5.74) is -0.0404. The van der Waals surface area contributed by atoms with Gasteiger partial charge in [0.2, 0.25) is 0 Å². The molecule has 0 bridgehead atoms. The first kappa shape index (κ1) is 14.4. The van der Waals surface area contributed by atoms with E-state index in [1.165, 1.54) is 0 Å². The average Bonchev–Trinajstić information content (AvgIpc) is 2.15. The third-order valence-corrected chi connectivity index (χ3v) is 3.15. The van der Waals surface area contributed by atoms with Crippen LogP contribution < -0.4 is 5.32 Å². The van der Waals surface area contributed by atoms with Gasteiger partial charge in [-0.2, -0.15) is 0 Å². The molecule has 1 atom stereocenters. The molecule has 96 valence electrons. The normalized spacial score (nSPS) is 13.9. The summed E-state index contributed by atoms with van der Waals surface area (Å²) >= 11 is 3.44. The van der Waals surface area contributed by atoms with Crippen LogP contribution in [-0.2, 0) is 5.41 Å².